The molecule has 1 aromatic heterocycles. The molecule has 4 aliphatic rings. The van der Waals surface area contributed by atoms with Crippen LogP contribution in [0.25, 0.3) is 0 Å². The van der Waals surface area contributed by atoms with Crippen LogP contribution in [0.1, 0.15) is 110 Å². The third-order valence-electron chi connectivity index (χ3n) is 8.60. The van der Waals surface area contributed by atoms with E-state index in [2.05, 4.69) is 47.3 Å². The Hall–Kier alpha value is -1.03. The lowest BCUT2D eigenvalue weighted by atomic mass is 10.1. The van der Waals surface area contributed by atoms with Crippen molar-refractivity contribution in [2.24, 2.45) is 0 Å². The van der Waals surface area contributed by atoms with E-state index in [9.17, 15) is 0 Å². The molecule has 0 amide bonds. The van der Waals surface area contributed by atoms with Crippen molar-refractivity contribution in [3.05, 3.63) is 22.4 Å². The van der Waals surface area contributed by atoms with Crippen molar-refractivity contribution in [1.82, 2.24) is 24.5 Å². The Labute approximate surface area is 284 Å². The average molecular weight is 647 g/mol. The topological polar surface area (TPSA) is 49.3 Å². The van der Waals surface area contributed by atoms with Gasteiger partial charge in [-0.15, -0.1) is 11.3 Å². The van der Waals surface area contributed by atoms with Crippen molar-refractivity contribution in [3.8, 4) is 0 Å². The van der Waals surface area contributed by atoms with E-state index in [4.69, 9.17) is 10.1 Å². The summed E-state index contributed by atoms with van der Waals surface area (Å²) in [5.74, 6) is 0.613. The third kappa shape index (κ3) is 21.7. The molecule has 4 fully saturated rings. The molecule has 0 saturated carbocycles. The number of nitrogens with zero attached hydrogens (tertiary/aromatic N) is 5. The van der Waals surface area contributed by atoms with Gasteiger partial charge in [-0.1, -0.05) is 60.5 Å². The van der Waals surface area contributed by atoms with Gasteiger partial charge in [-0.3, -0.25) is 10.3 Å². The highest BCUT2D eigenvalue weighted by molar-refractivity contribution is 7.12. The van der Waals surface area contributed by atoms with Crippen LogP contribution in [0.5, 0.6) is 0 Å². The van der Waals surface area contributed by atoms with Crippen LogP contribution in [-0.2, 0) is 4.74 Å². The van der Waals surface area contributed by atoms with Crippen molar-refractivity contribution in [1.29, 1.82) is 5.41 Å². The van der Waals surface area contributed by atoms with Crippen LogP contribution in [-0.4, -0.2) is 136 Å². The van der Waals surface area contributed by atoms with Gasteiger partial charge in [0.1, 0.15) is 5.84 Å². The van der Waals surface area contributed by atoms with Gasteiger partial charge in [0.15, 0.2) is 0 Å². The van der Waals surface area contributed by atoms with E-state index >= 15 is 0 Å². The predicted octanol–water partition coefficient (Wildman–Crippen LogP) is 8.46. The van der Waals surface area contributed by atoms with Crippen LogP contribution in [0.3, 0.4) is 0 Å². The van der Waals surface area contributed by atoms with Crippen LogP contribution in [0.4, 0.5) is 0 Å². The highest BCUT2D eigenvalue weighted by Gasteiger charge is 2.08. The SMILES string of the molecule is CC.CCN(C)C(=N)c1cccs1.CCN1CCCC1.CCN1CCCCC1.CCN1CCCCC1.CCN1CCOCC1.[HH].[HH].[HH].[HH]. The van der Waals surface area contributed by atoms with Crippen LogP contribution in [0.2, 0.25) is 0 Å². The molecule has 5 rings (SSSR count). The van der Waals surface area contributed by atoms with Crippen molar-refractivity contribution < 1.29 is 10.4 Å². The minimum Gasteiger partial charge on any atom is -0.379 e. The molecule has 4 saturated heterocycles. The number of hydrogen-bond acceptors (Lipinski definition) is 7. The highest BCUT2D eigenvalue weighted by Crippen LogP contribution is 2.10. The molecule has 4 aliphatic heterocycles. The number of nitrogens with one attached hydrogen (secondary N) is 1. The van der Waals surface area contributed by atoms with Gasteiger partial charge in [-0.25, -0.2) is 0 Å². The van der Waals surface area contributed by atoms with Gasteiger partial charge in [-0.2, -0.15) is 0 Å². The van der Waals surface area contributed by atoms with E-state index in [1.54, 1.807) is 11.3 Å². The Morgan fingerprint density at radius 3 is 1.32 bits per heavy atom. The fourth-order valence-electron chi connectivity index (χ4n) is 5.33. The van der Waals surface area contributed by atoms with Crippen molar-refractivity contribution in [2.75, 3.05) is 105 Å². The zero-order valence-corrected chi connectivity index (χ0v) is 31.4. The molecule has 0 radical (unpaired) electrons. The molecule has 0 spiro atoms. The number of piperidine rings is 2. The van der Waals surface area contributed by atoms with Gasteiger partial charge in [0.2, 0.25) is 0 Å². The molecular weight excluding hydrogens is 565 g/mol. The first-order valence-electron chi connectivity index (χ1n) is 18.3. The lowest BCUT2D eigenvalue weighted by molar-refractivity contribution is 0.0405. The monoisotopic (exact) mass is 647 g/mol. The van der Waals surface area contributed by atoms with Gasteiger partial charge in [0.05, 0.1) is 18.1 Å². The molecule has 0 atom stereocenters. The first kappa shape index (κ1) is 43.0. The van der Waals surface area contributed by atoms with Gasteiger partial charge >= 0.3 is 0 Å². The van der Waals surface area contributed by atoms with Gasteiger partial charge < -0.3 is 24.3 Å². The third-order valence-corrected chi connectivity index (χ3v) is 9.48. The zero-order valence-electron chi connectivity index (χ0n) is 30.5. The maximum atomic E-state index is 7.69. The summed E-state index contributed by atoms with van der Waals surface area (Å²) < 4.78 is 5.16. The summed E-state index contributed by atoms with van der Waals surface area (Å²) in [4.78, 5) is 12.9. The molecular formula is C36H82N6OS. The number of likely N-dealkylation sites (N-methyl/N-ethyl adjacent to an activating group) is 1. The second-order valence-corrected chi connectivity index (χ2v) is 12.5. The molecule has 0 bridgehead atoms. The summed E-state index contributed by atoms with van der Waals surface area (Å²) in [6.45, 7) is 32.9. The Balaban J connectivity index is -0.000000156. The van der Waals surface area contributed by atoms with Gasteiger partial charge in [0, 0.05) is 32.4 Å². The fourth-order valence-corrected chi connectivity index (χ4v) is 6.06. The number of amidine groups is 1. The minimum absolute atomic E-state index is 0. The Kier molecular flexibility index (Phi) is 29.9. The van der Waals surface area contributed by atoms with Gasteiger partial charge in [0.25, 0.3) is 0 Å². The molecule has 7 nitrogen and oxygen atoms in total. The average Bonchev–Trinajstić information content (AvgIpc) is 3.86. The number of hydrogen-bond donors (Lipinski definition) is 1. The largest absolute Gasteiger partial charge is 0.379 e. The van der Waals surface area contributed by atoms with Gasteiger partial charge in [-0.05, 0) is 122 Å². The standard InChI is InChI=1S/C8H12N2S.2C7H15N.C6H13NO.C6H13N.C2H6.4H2/c1-3-10(2)8(9)7-5-4-6-11-7;2*1-2-8-6-4-3-5-7-8;1-2-7-3-5-8-6-4-7;1-2-7-5-3-4-6-7;1-2;;;;/h4-6,9H,3H2,1-2H3;2*2-7H2,1H3;2-6H2,1H3;2-6H2,1H3;1-2H3;4*1H. The fraction of sp³-hybridized carbons (Fsp3) is 0.861. The van der Waals surface area contributed by atoms with Crippen molar-refractivity contribution >= 4 is 17.2 Å². The molecule has 8 heteroatoms. The van der Waals surface area contributed by atoms with Crippen LogP contribution in [0.15, 0.2) is 17.5 Å². The van der Waals surface area contributed by atoms with Crippen LogP contribution < -0.4 is 0 Å². The molecule has 44 heavy (non-hydrogen) atoms. The van der Waals surface area contributed by atoms with Crippen LogP contribution >= 0.6 is 11.3 Å². The summed E-state index contributed by atoms with van der Waals surface area (Å²) in [5.41, 5.74) is 0. The second-order valence-electron chi connectivity index (χ2n) is 11.5. The quantitative estimate of drug-likeness (QED) is 0.247. The summed E-state index contributed by atoms with van der Waals surface area (Å²) in [7, 11) is 1.93. The molecule has 1 N–H and O–H groups in total. The number of morpholine rings is 1. The molecule has 0 aromatic carbocycles. The van der Waals surface area contributed by atoms with Crippen molar-refractivity contribution in [3.63, 3.8) is 0 Å². The highest BCUT2D eigenvalue weighted by atomic mass is 32.1. The first-order chi connectivity index (χ1) is 21.5. The molecule has 5 heterocycles. The van der Waals surface area contributed by atoms with Crippen molar-refractivity contribution in [2.45, 2.75) is 99.8 Å². The number of thiophene rings is 1. The number of likely N-dealkylation sites (tertiary alicyclic amines) is 3. The molecule has 1 aromatic rings. The zero-order chi connectivity index (χ0) is 32.8. The van der Waals surface area contributed by atoms with E-state index in [-0.39, 0.29) is 5.71 Å². The van der Waals surface area contributed by atoms with E-state index in [1.807, 2.05) is 50.2 Å². The lowest BCUT2D eigenvalue weighted by Crippen LogP contribution is -2.35. The molecule has 268 valence electrons. The van der Waals surface area contributed by atoms with Crippen LogP contribution in [0, 0.1) is 5.41 Å². The normalized spacial score (nSPS) is 19.2. The van der Waals surface area contributed by atoms with E-state index < -0.39 is 0 Å². The first-order valence-corrected chi connectivity index (χ1v) is 19.2. The summed E-state index contributed by atoms with van der Waals surface area (Å²) >= 11 is 1.61. The Morgan fingerprint density at radius 1 is 0.682 bits per heavy atom. The predicted molar refractivity (Wildman–Crippen MR) is 205 cm³/mol. The summed E-state index contributed by atoms with van der Waals surface area (Å²) in [6, 6.07) is 3.94. The second kappa shape index (κ2) is 30.6. The Morgan fingerprint density at radius 2 is 1.05 bits per heavy atom. The lowest BCUT2D eigenvalue weighted by Gasteiger charge is -2.24. The van der Waals surface area contributed by atoms with E-state index in [0.717, 1.165) is 37.7 Å². The van der Waals surface area contributed by atoms with E-state index in [1.165, 1.54) is 117 Å². The van der Waals surface area contributed by atoms with E-state index in [0.29, 0.717) is 5.84 Å². The summed E-state index contributed by atoms with van der Waals surface area (Å²) in [6.07, 6.45) is 11.5. The maximum absolute atomic E-state index is 7.69. The number of rotatable bonds is 6. The molecule has 0 unspecified atom stereocenters. The molecule has 0 aliphatic carbocycles. The summed E-state index contributed by atoms with van der Waals surface area (Å²) in [5, 5.41) is 9.68. The maximum Gasteiger partial charge on any atom is 0.138 e. The minimum atomic E-state index is 0. The number of ether oxygens (including phenoxy) is 1. The smallest absolute Gasteiger partial charge is 0.138 e. The Bertz CT molecular complexity index is 687.